The summed E-state index contributed by atoms with van der Waals surface area (Å²) in [6.07, 6.45) is -5.08. The Labute approximate surface area is 149 Å². The van der Waals surface area contributed by atoms with Crippen molar-refractivity contribution < 1.29 is 27.9 Å². The van der Waals surface area contributed by atoms with Crippen LogP contribution in [0.25, 0.3) is 10.2 Å². The van der Waals surface area contributed by atoms with E-state index in [4.69, 9.17) is 21.4 Å². The lowest BCUT2D eigenvalue weighted by atomic mass is 10.1. The molecule has 2 aromatic rings. The zero-order chi connectivity index (χ0) is 19.8. The molecular weight excluding hydrogens is 375 g/mol. The first-order valence-electron chi connectivity index (χ1n) is 7.30. The quantitative estimate of drug-likeness (QED) is 0.667. The van der Waals surface area contributed by atoms with Gasteiger partial charge in [0.15, 0.2) is 0 Å². The van der Waals surface area contributed by atoms with Crippen molar-refractivity contribution in [1.82, 2.24) is 15.1 Å². The molecule has 26 heavy (non-hydrogen) atoms. The summed E-state index contributed by atoms with van der Waals surface area (Å²) in [4.78, 5) is 24.2. The Morgan fingerprint density at radius 3 is 2.27 bits per heavy atom. The number of carboxylic acid groups (broad SMARTS) is 1. The number of hydrogen-bond acceptors (Lipinski definition) is 7. The maximum absolute atomic E-state index is 12.3. The van der Waals surface area contributed by atoms with Crippen LogP contribution in [0.15, 0.2) is 0 Å². The molecule has 1 fully saturated rings. The second-order valence-corrected chi connectivity index (χ2v) is 6.71. The number of anilines is 1. The first kappa shape index (κ1) is 19.8. The van der Waals surface area contributed by atoms with Gasteiger partial charge in [-0.05, 0) is 19.4 Å². The third kappa shape index (κ3) is 3.85. The number of nitrogens with zero attached hydrogens (tertiary/aromatic N) is 3. The Morgan fingerprint density at radius 2 is 1.81 bits per heavy atom. The standard InChI is InChI=1S/C12H15N5OS.C2HF3O2/c1-5-6(2)15-16-11-8(5)9(14)10(19-11)12(18)17-3-7(13)4-17;3-2(4,5)1(6)7/h7H,3-4,13-14H2,1-2H3;(H,6,7). The van der Waals surface area contributed by atoms with Crippen molar-refractivity contribution in [2.45, 2.75) is 26.1 Å². The predicted molar refractivity (Wildman–Crippen MR) is 88.9 cm³/mol. The molecule has 1 aliphatic heterocycles. The van der Waals surface area contributed by atoms with Crippen LogP contribution in [0.4, 0.5) is 18.9 Å². The maximum atomic E-state index is 12.3. The van der Waals surface area contributed by atoms with Gasteiger partial charge in [-0.2, -0.15) is 18.3 Å². The van der Waals surface area contributed by atoms with Crippen molar-refractivity contribution in [1.29, 1.82) is 0 Å². The van der Waals surface area contributed by atoms with Crippen molar-refractivity contribution in [2.24, 2.45) is 5.73 Å². The van der Waals surface area contributed by atoms with E-state index < -0.39 is 12.1 Å². The Bertz CT molecular complexity index is 862. The Balaban J connectivity index is 0.000000298. The average Bonchev–Trinajstić information content (AvgIpc) is 2.84. The van der Waals surface area contributed by atoms with Gasteiger partial charge in [-0.25, -0.2) is 4.79 Å². The van der Waals surface area contributed by atoms with E-state index in [-0.39, 0.29) is 11.9 Å². The molecule has 0 aromatic carbocycles. The SMILES string of the molecule is Cc1nnc2sc(C(=O)N3CC(N)C3)c(N)c2c1C.O=C(O)C(F)(F)F. The molecular formula is C14H16F3N5O3S. The highest BCUT2D eigenvalue weighted by atomic mass is 32.1. The molecule has 142 valence electrons. The van der Waals surface area contributed by atoms with E-state index in [0.29, 0.717) is 28.5 Å². The molecule has 0 radical (unpaired) electrons. The average molecular weight is 391 g/mol. The van der Waals surface area contributed by atoms with Crippen LogP contribution in [0.1, 0.15) is 20.9 Å². The number of likely N-dealkylation sites (tertiary alicyclic amines) is 1. The van der Waals surface area contributed by atoms with Gasteiger partial charge < -0.3 is 21.5 Å². The van der Waals surface area contributed by atoms with Crippen molar-refractivity contribution >= 4 is 39.1 Å². The number of nitrogen functional groups attached to an aromatic ring is 1. The van der Waals surface area contributed by atoms with Gasteiger partial charge in [-0.3, -0.25) is 4.79 Å². The summed E-state index contributed by atoms with van der Waals surface area (Å²) in [5.41, 5.74) is 14.2. The second-order valence-electron chi connectivity index (χ2n) is 5.71. The molecule has 0 spiro atoms. The first-order chi connectivity index (χ1) is 11.9. The molecule has 2 aromatic heterocycles. The van der Waals surface area contributed by atoms with Gasteiger partial charge in [0.05, 0.1) is 11.4 Å². The van der Waals surface area contributed by atoms with Gasteiger partial charge in [0.1, 0.15) is 9.71 Å². The fourth-order valence-corrected chi connectivity index (χ4v) is 3.29. The molecule has 1 saturated heterocycles. The van der Waals surface area contributed by atoms with Crippen molar-refractivity contribution in [3.05, 3.63) is 16.1 Å². The predicted octanol–water partition coefficient (Wildman–Crippen LogP) is 1.31. The molecule has 3 heterocycles. The first-order valence-corrected chi connectivity index (χ1v) is 8.12. The number of amides is 1. The molecule has 0 saturated carbocycles. The van der Waals surface area contributed by atoms with E-state index in [9.17, 15) is 18.0 Å². The summed E-state index contributed by atoms with van der Waals surface area (Å²) in [5.74, 6) is -2.81. The molecule has 12 heteroatoms. The molecule has 0 atom stereocenters. The monoisotopic (exact) mass is 391 g/mol. The van der Waals surface area contributed by atoms with E-state index in [0.717, 1.165) is 16.6 Å². The van der Waals surface area contributed by atoms with Gasteiger partial charge in [-0.15, -0.1) is 16.4 Å². The number of hydrogen-bond donors (Lipinski definition) is 3. The highest BCUT2D eigenvalue weighted by Crippen LogP contribution is 2.36. The molecule has 0 aliphatic carbocycles. The van der Waals surface area contributed by atoms with Gasteiger partial charge in [0, 0.05) is 24.5 Å². The summed E-state index contributed by atoms with van der Waals surface area (Å²) in [6, 6.07) is 0.0864. The Morgan fingerprint density at radius 1 is 1.27 bits per heavy atom. The highest BCUT2D eigenvalue weighted by molar-refractivity contribution is 7.21. The Hall–Kier alpha value is -2.47. The lowest BCUT2D eigenvalue weighted by Crippen LogP contribution is -2.57. The van der Waals surface area contributed by atoms with Crippen LogP contribution >= 0.6 is 11.3 Å². The van der Waals surface area contributed by atoms with E-state index >= 15 is 0 Å². The highest BCUT2D eigenvalue weighted by Gasteiger charge is 2.38. The van der Waals surface area contributed by atoms with Crippen LogP contribution in [0.2, 0.25) is 0 Å². The lowest BCUT2D eigenvalue weighted by molar-refractivity contribution is -0.192. The third-order valence-electron chi connectivity index (χ3n) is 3.77. The summed E-state index contributed by atoms with van der Waals surface area (Å²) in [6.45, 7) is 5.02. The molecule has 0 bridgehead atoms. The van der Waals surface area contributed by atoms with Crippen molar-refractivity contribution in [2.75, 3.05) is 18.8 Å². The number of aliphatic carboxylic acids is 1. The number of nitrogens with two attached hydrogens (primary N) is 2. The van der Waals surface area contributed by atoms with E-state index in [2.05, 4.69) is 10.2 Å². The topological polar surface area (TPSA) is 135 Å². The maximum Gasteiger partial charge on any atom is 0.490 e. The minimum Gasteiger partial charge on any atom is -0.475 e. The normalized spacial score (nSPS) is 14.6. The number of rotatable bonds is 1. The molecule has 3 rings (SSSR count). The molecule has 5 N–H and O–H groups in total. The molecule has 0 unspecified atom stereocenters. The van der Waals surface area contributed by atoms with Crippen molar-refractivity contribution in [3.63, 3.8) is 0 Å². The molecule has 1 amide bonds. The fraction of sp³-hybridized carbons (Fsp3) is 0.429. The summed E-state index contributed by atoms with van der Waals surface area (Å²) in [7, 11) is 0. The molecule has 1 aliphatic rings. The molecule has 8 nitrogen and oxygen atoms in total. The summed E-state index contributed by atoms with van der Waals surface area (Å²) in [5, 5.41) is 16.2. The van der Waals surface area contributed by atoms with Gasteiger partial charge in [0.2, 0.25) is 0 Å². The largest absolute Gasteiger partial charge is 0.490 e. The summed E-state index contributed by atoms with van der Waals surface area (Å²) < 4.78 is 31.7. The minimum absolute atomic E-state index is 0.0562. The van der Waals surface area contributed by atoms with Crippen LogP contribution in [0.5, 0.6) is 0 Å². The lowest BCUT2D eigenvalue weighted by Gasteiger charge is -2.36. The number of carbonyl (C=O) groups excluding carboxylic acids is 1. The van der Waals surface area contributed by atoms with E-state index in [1.54, 1.807) is 4.90 Å². The number of carboxylic acids is 1. The van der Waals surface area contributed by atoms with Gasteiger partial charge in [-0.1, -0.05) is 0 Å². The van der Waals surface area contributed by atoms with Crippen LogP contribution in [-0.2, 0) is 4.79 Å². The van der Waals surface area contributed by atoms with E-state index in [1.165, 1.54) is 11.3 Å². The number of halogens is 3. The zero-order valence-corrected chi connectivity index (χ0v) is 14.6. The number of aryl methyl sites for hydroxylation is 2. The summed E-state index contributed by atoms with van der Waals surface area (Å²) >= 11 is 1.30. The number of alkyl halides is 3. The number of fused-ring (bicyclic) bond motifs is 1. The van der Waals surface area contributed by atoms with E-state index in [1.807, 2.05) is 13.8 Å². The van der Waals surface area contributed by atoms with Crippen LogP contribution in [-0.4, -0.2) is 57.4 Å². The number of thiophene rings is 1. The second kappa shape index (κ2) is 7.03. The smallest absolute Gasteiger partial charge is 0.475 e. The third-order valence-corrected chi connectivity index (χ3v) is 4.85. The number of aromatic nitrogens is 2. The van der Waals surface area contributed by atoms with Crippen LogP contribution < -0.4 is 11.5 Å². The Kier molecular flexibility index (Phi) is 5.37. The van der Waals surface area contributed by atoms with Crippen LogP contribution in [0, 0.1) is 13.8 Å². The fourth-order valence-electron chi connectivity index (χ4n) is 2.22. The van der Waals surface area contributed by atoms with Gasteiger partial charge in [0.25, 0.3) is 5.91 Å². The van der Waals surface area contributed by atoms with Crippen molar-refractivity contribution in [3.8, 4) is 0 Å². The zero-order valence-electron chi connectivity index (χ0n) is 13.8. The number of carbonyl (C=O) groups is 2. The van der Waals surface area contributed by atoms with Crippen LogP contribution in [0.3, 0.4) is 0 Å². The minimum atomic E-state index is -5.08. The van der Waals surface area contributed by atoms with Gasteiger partial charge >= 0.3 is 12.1 Å².